The summed E-state index contributed by atoms with van der Waals surface area (Å²) in [6.07, 6.45) is 3.07. The van der Waals surface area contributed by atoms with Crippen molar-refractivity contribution in [1.29, 1.82) is 0 Å². The second-order valence-corrected chi connectivity index (χ2v) is 6.98. The maximum Gasteiger partial charge on any atom is 0.150 e. The van der Waals surface area contributed by atoms with Gasteiger partial charge in [0, 0.05) is 31.6 Å². The van der Waals surface area contributed by atoms with Gasteiger partial charge in [0.1, 0.15) is 5.82 Å². The van der Waals surface area contributed by atoms with E-state index in [1.54, 1.807) is 11.5 Å². The monoisotopic (exact) mass is 319 g/mol. The summed E-state index contributed by atoms with van der Waals surface area (Å²) in [5, 5.41) is 10.6. The van der Waals surface area contributed by atoms with E-state index in [0.29, 0.717) is 0 Å². The number of piperazine rings is 1. The third-order valence-electron chi connectivity index (χ3n) is 4.38. The van der Waals surface area contributed by atoms with Crippen molar-refractivity contribution in [1.82, 2.24) is 9.27 Å². The van der Waals surface area contributed by atoms with Crippen LogP contribution in [0.2, 0.25) is 0 Å². The number of fused-ring (bicyclic) bond motifs is 1. The van der Waals surface area contributed by atoms with Gasteiger partial charge in [-0.1, -0.05) is 12.1 Å². The van der Waals surface area contributed by atoms with Crippen LogP contribution in [0.5, 0.6) is 0 Å². The van der Waals surface area contributed by atoms with Crippen molar-refractivity contribution in [2.75, 3.05) is 37.6 Å². The van der Waals surface area contributed by atoms with E-state index in [0.717, 1.165) is 51.4 Å². The molecule has 1 saturated heterocycles. The zero-order valence-electron chi connectivity index (χ0n) is 13.2. The molecule has 0 bridgehead atoms. The van der Waals surface area contributed by atoms with E-state index < -0.39 is 0 Å². The van der Waals surface area contributed by atoms with Gasteiger partial charge in [-0.2, -0.15) is 4.37 Å². The predicted molar refractivity (Wildman–Crippen MR) is 93.8 cm³/mol. The van der Waals surface area contributed by atoms with Gasteiger partial charge in [0.15, 0.2) is 0 Å². The molecule has 1 aromatic carbocycles. The van der Waals surface area contributed by atoms with Gasteiger partial charge in [-0.05, 0) is 56.4 Å². The van der Waals surface area contributed by atoms with Crippen LogP contribution in [0.25, 0.3) is 10.1 Å². The van der Waals surface area contributed by atoms with Gasteiger partial charge < -0.3 is 10.0 Å². The van der Waals surface area contributed by atoms with Crippen molar-refractivity contribution in [2.45, 2.75) is 32.3 Å². The number of aliphatic hydroxyl groups is 1. The Morgan fingerprint density at radius 2 is 1.95 bits per heavy atom. The number of aliphatic hydroxyl groups excluding tert-OH is 1. The molecule has 1 aliphatic rings. The van der Waals surface area contributed by atoms with Crippen LogP contribution in [0.4, 0.5) is 5.82 Å². The Labute approximate surface area is 136 Å². The highest BCUT2D eigenvalue weighted by molar-refractivity contribution is 7.13. The lowest BCUT2D eigenvalue weighted by Crippen LogP contribution is -2.46. The molecule has 1 atom stereocenters. The van der Waals surface area contributed by atoms with Gasteiger partial charge in [0.2, 0.25) is 0 Å². The van der Waals surface area contributed by atoms with Crippen molar-refractivity contribution in [2.24, 2.45) is 0 Å². The van der Waals surface area contributed by atoms with E-state index in [4.69, 9.17) is 0 Å². The highest BCUT2D eigenvalue weighted by Crippen LogP contribution is 2.29. The zero-order chi connectivity index (χ0) is 15.4. The van der Waals surface area contributed by atoms with Gasteiger partial charge in [-0.15, -0.1) is 0 Å². The molecule has 120 valence electrons. The van der Waals surface area contributed by atoms with Crippen LogP contribution in [0.3, 0.4) is 0 Å². The zero-order valence-corrected chi connectivity index (χ0v) is 14.1. The number of anilines is 1. The smallest absolute Gasteiger partial charge is 0.150 e. The highest BCUT2D eigenvalue weighted by Gasteiger charge is 2.20. The molecule has 0 saturated carbocycles. The minimum atomic E-state index is -0.158. The summed E-state index contributed by atoms with van der Waals surface area (Å²) in [6, 6.07) is 8.50. The number of hydrogen-bond acceptors (Lipinski definition) is 5. The minimum Gasteiger partial charge on any atom is -0.393 e. The van der Waals surface area contributed by atoms with Crippen molar-refractivity contribution in [3.05, 3.63) is 24.3 Å². The first kappa shape index (κ1) is 15.7. The summed E-state index contributed by atoms with van der Waals surface area (Å²) in [4.78, 5) is 4.96. The van der Waals surface area contributed by atoms with Crippen LogP contribution in [0.15, 0.2) is 24.3 Å². The lowest BCUT2D eigenvalue weighted by Gasteiger charge is -2.35. The number of unbranched alkanes of at least 4 members (excludes halogenated alkanes) is 1. The molecule has 0 aliphatic carbocycles. The third kappa shape index (κ3) is 3.77. The Balaban J connectivity index is 1.49. The molecule has 3 rings (SSSR count). The van der Waals surface area contributed by atoms with Crippen LogP contribution < -0.4 is 4.90 Å². The molecule has 22 heavy (non-hydrogen) atoms. The number of benzene rings is 1. The first-order chi connectivity index (χ1) is 10.7. The van der Waals surface area contributed by atoms with E-state index in [-0.39, 0.29) is 6.10 Å². The molecule has 1 unspecified atom stereocenters. The highest BCUT2D eigenvalue weighted by atomic mass is 32.1. The Kier molecular flexibility index (Phi) is 5.28. The molecular formula is C17H25N3OS. The molecule has 5 heteroatoms. The van der Waals surface area contributed by atoms with Crippen LogP contribution in [0.1, 0.15) is 26.2 Å². The fourth-order valence-electron chi connectivity index (χ4n) is 3.06. The lowest BCUT2D eigenvalue weighted by molar-refractivity contribution is 0.176. The molecule has 0 spiro atoms. The molecule has 1 fully saturated rings. The molecule has 1 N–H and O–H groups in total. The maximum absolute atomic E-state index is 9.29. The molecular weight excluding hydrogens is 294 g/mol. The van der Waals surface area contributed by atoms with Crippen molar-refractivity contribution in [3.8, 4) is 0 Å². The average Bonchev–Trinajstić information content (AvgIpc) is 2.96. The molecule has 2 aromatic rings. The average molecular weight is 319 g/mol. The molecule has 0 radical (unpaired) electrons. The van der Waals surface area contributed by atoms with E-state index in [1.165, 1.54) is 16.5 Å². The van der Waals surface area contributed by atoms with Crippen LogP contribution in [0, 0.1) is 0 Å². The van der Waals surface area contributed by atoms with Crippen LogP contribution >= 0.6 is 11.5 Å². The number of rotatable bonds is 6. The van der Waals surface area contributed by atoms with Gasteiger partial charge in [-0.3, -0.25) is 4.90 Å². The van der Waals surface area contributed by atoms with Crippen molar-refractivity contribution >= 4 is 27.4 Å². The van der Waals surface area contributed by atoms with E-state index in [9.17, 15) is 5.11 Å². The van der Waals surface area contributed by atoms with Gasteiger partial charge >= 0.3 is 0 Å². The molecule has 2 heterocycles. The van der Waals surface area contributed by atoms with Gasteiger partial charge in [-0.25, -0.2) is 0 Å². The topological polar surface area (TPSA) is 39.6 Å². The quantitative estimate of drug-likeness (QED) is 0.831. The SMILES string of the molecule is CC(O)CCCCN1CCN(c2nsc3ccccc23)CC1. The van der Waals surface area contributed by atoms with Crippen molar-refractivity contribution in [3.63, 3.8) is 0 Å². The summed E-state index contributed by atoms with van der Waals surface area (Å²) in [5.74, 6) is 1.16. The third-order valence-corrected chi connectivity index (χ3v) is 5.19. The molecule has 1 aromatic heterocycles. The van der Waals surface area contributed by atoms with Crippen LogP contribution in [-0.4, -0.2) is 53.2 Å². The maximum atomic E-state index is 9.29. The normalized spacial score (nSPS) is 18.0. The number of aromatic nitrogens is 1. The first-order valence-electron chi connectivity index (χ1n) is 8.24. The van der Waals surface area contributed by atoms with E-state index in [2.05, 4.69) is 38.4 Å². The molecule has 1 aliphatic heterocycles. The predicted octanol–water partition coefficient (Wildman–Crippen LogP) is 2.97. The minimum absolute atomic E-state index is 0.158. The Morgan fingerprint density at radius 3 is 2.73 bits per heavy atom. The fraction of sp³-hybridized carbons (Fsp3) is 0.588. The Bertz CT molecular complexity index is 590. The summed E-state index contributed by atoms with van der Waals surface area (Å²) < 4.78 is 5.94. The Hall–Kier alpha value is -1.17. The van der Waals surface area contributed by atoms with E-state index in [1.807, 2.05) is 6.92 Å². The number of hydrogen-bond donors (Lipinski definition) is 1. The second kappa shape index (κ2) is 7.40. The Morgan fingerprint density at radius 1 is 1.18 bits per heavy atom. The molecule has 4 nitrogen and oxygen atoms in total. The number of nitrogens with zero attached hydrogens (tertiary/aromatic N) is 3. The standard InChI is InChI=1S/C17H25N3OS/c1-14(21)6-4-5-9-19-10-12-20(13-11-19)17-15-7-2-3-8-16(15)22-18-17/h2-3,7-8,14,21H,4-6,9-13H2,1H3. The summed E-state index contributed by atoms with van der Waals surface area (Å²) >= 11 is 1.60. The largest absolute Gasteiger partial charge is 0.393 e. The summed E-state index contributed by atoms with van der Waals surface area (Å²) in [7, 11) is 0. The van der Waals surface area contributed by atoms with Crippen LogP contribution in [-0.2, 0) is 0 Å². The molecule has 0 amide bonds. The van der Waals surface area contributed by atoms with Gasteiger partial charge in [0.25, 0.3) is 0 Å². The fourth-order valence-corrected chi connectivity index (χ4v) is 3.85. The first-order valence-corrected chi connectivity index (χ1v) is 9.01. The second-order valence-electron chi connectivity index (χ2n) is 6.18. The van der Waals surface area contributed by atoms with Crippen molar-refractivity contribution < 1.29 is 5.11 Å². The summed E-state index contributed by atoms with van der Waals surface area (Å²) in [5.41, 5.74) is 0. The van der Waals surface area contributed by atoms with Gasteiger partial charge in [0.05, 0.1) is 10.8 Å². The summed E-state index contributed by atoms with van der Waals surface area (Å²) in [6.45, 7) is 7.37. The lowest BCUT2D eigenvalue weighted by atomic mass is 10.1. The van der Waals surface area contributed by atoms with E-state index >= 15 is 0 Å².